The van der Waals surface area contributed by atoms with Gasteiger partial charge in [0.2, 0.25) is 0 Å². The molecule has 3 heteroatoms. The van der Waals surface area contributed by atoms with E-state index in [9.17, 15) is 5.21 Å². The number of hydrogen-bond acceptors (Lipinski definition) is 3. The van der Waals surface area contributed by atoms with Crippen LogP contribution in [0.15, 0.2) is 83.5 Å². The van der Waals surface area contributed by atoms with Crippen molar-refractivity contribution in [3.8, 4) is 11.8 Å². The monoisotopic (exact) mass is 303 g/mol. The molecule has 3 rings (SSSR count). The van der Waals surface area contributed by atoms with Gasteiger partial charge >= 0.3 is 0 Å². The molecule has 3 aromatic rings. The molecular weight excluding hydrogens is 286 g/mol. The molecule has 0 aliphatic carbocycles. The second-order valence-corrected chi connectivity index (χ2v) is 5.14. The quantitative estimate of drug-likeness (QED) is 0.578. The number of benzene rings is 2. The van der Waals surface area contributed by atoms with E-state index in [4.69, 9.17) is 4.42 Å². The maximum absolute atomic E-state index is 10.5. The van der Waals surface area contributed by atoms with Crippen LogP contribution in [-0.2, 0) is 6.54 Å². The molecule has 1 heterocycles. The molecule has 0 radical (unpaired) electrons. The maximum Gasteiger partial charge on any atom is 0.154 e. The fourth-order valence-electron chi connectivity index (χ4n) is 2.27. The number of furan rings is 1. The second kappa shape index (κ2) is 7.46. The van der Waals surface area contributed by atoms with Crippen molar-refractivity contribution in [1.29, 1.82) is 0 Å². The van der Waals surface area contributed by atoms with Crippen LogP contribution in [0.1, 0.15) is 22.9 Å². The van der Waals surface area contributed by atoms with Crippen LogP contribution in [0.3, 0.4) is 0 Å². The third-order valence-corrected chi connectivity index (χ3v) is 3.43. The number of rotatable bonds is 4. The van der Waals surface area contributed by atoms with Gasteiger partial charge in [0.1, 0.15) is 5.76 Å². The van der Waals surface area contributed by atoms with E-state index in [-0.39, 0.29) is 0 Å². The van der Waals surface area contributed by atoms with E-state index in [1.54, 1.807) is 12.3 Å². The van der Waals surface area contributed by atoms with Crippen LogP contribution in [0.4, 0.5) is 0 Å². The van der Waals surface area contributed by atoms with Crippen molar-refractivity contribution in [1.82, 2.24) is 5.06 Å². The minimum atomic E-state index is -0.523. The Bertz CT molecular complexity index is 771. The first-order chi connectivity index (χ1) is 11.3. The molecule has 1 N–H and O–H groups in total. The van der Waals surface area contributed by atoms with E-state index in [1.165, 1.54) is 5.06 Å². The van der Waals surface area contributed by atoms with Gasteiger partial charge in [0.25, 0.3) is 0 Å². The average Bonchev–Trinajstić information content (AvgIpc) is 3.11. The lowest BCUT2D eigenvalue weighted by Crippen LogP contribution is -2.23. The van der Waals surface area contributed by atoms with E-state index >= 15 is 0 Å². The third kappa shape index (κ3) is 4.10. The Kier molecular flexibility index (Phi) is 4.90. The van der Waals surface area contributed by atoms with Crippen molar-refractivity contribution in [2.24, 2.45) is 0 Å². The third-order valence-electron chi connectivity index (χ3n) is 3.43. The van der Waals surface area contributed by atoms with Gasteiger partial charge in [-0.15, -0.1) is 0 Å². The fourth-order valence-corrected chi connectivity index (χ4v) is 2.27. The summed E-state index contributed by atoms with van der Waals surface area (Å²) in [7, 11) is 0. The van der Waals surface area contributed by atoms with Crippen molar-refractivity contribution < 1.29 is 9.62 Å². The van der Waals surface area contributed by atoms with Gasteiger partial charge in [-0.2, -0.15) is 5.06 Å². The molecule has 0 saturated heterocycles. The summed E-state index contributed by atoms with van der Waals surface area (Å²) in [5, 5.41) is 11.7. The van der Waals surface area contributed by atoms with Crippen molar-refractivity contribution in [2.75, 3.05) is 0 Å². The summed E-state index contributed by atoms with van der Waals surface area (Å²) in [5.41, 5.74) is 1.91. The molecule has 0 saturated carbocycles. The summed E-state index contributed by atoms with van der Waals surface area (Å²) in [6.45, 7) is 0.371. The van der Waals surface area contributed by atoms with E-state index in [1.807, 2.05) is 66.7 Å². The molecule has 2 aromatic carbocycles. The molecule has 3 nitrogen and oxygen atoms in total. The van der Waals surface area contributed by atoms with Crippen LogP contribution >= 0.6 is 0 Å². The van der Waals surface area contributed by atoms with Crippen molar-refractivity contribution >= 4 is 0 Å². The topological polar surface area (TPSA) is 36.6 Å². The van der Waals surface area contributed by atoms with Gasteiger partial charge in [0.15, 0.2) is 6.04 Å². The number of hydroxylamine groups is 2. The highest BCUT2D eigenvalue weighted by molar-refractivity contribution is 5.36. The van der Waals surface area contributed by atoms with Gasteiger partial charge in [-0.3, -0.25) is 0 Å². The molecule has 0 fully saturated rings. The van der Waals surface area contributed by atoms with Crippen molar-refractivity contribution in [3.05, 3.63) is 95.9 Å². The highest BCUT2D eigenvalue weighted by Crippen LogP contribution is 2.21. The Morgan fingerprint density at radius 3 is 2.26 bits per heavy atom. The van der Waals surface area contributed by atoms with Gasteiger partial charge in [0.05, 0.1) is 12.8 Å². The molecule has 23 heavy (non-hydrogen) atoms. The predicted octanol–water partition coefficient (Wildman–Crippen LogP) is 4.26. The van der Waals surface area contributed by atoms with Crippen LogP contribution < -0.4 is 0 Å². The summed E-state index contributed by atoms with van der Waals surface area (Å²) in [6, 6.07) is 22.6. The zero-order chi connectivity index (χ0) is 15.9. The Morgan fingerprint density at radius 1 is 0.913 bits per heavy atom. The van der Waals surface area contributed by atoms with Gasteiger partial charge in [-0.1, -0.05) is 60.4 Å². The zero-order valence-corrected chi connectivity index (χ0v) is 12.6. The van der Waals surface area contributed by atoms with Crippen molar-refractivity contribution in [3.63, 3.8) is 0 Å². The molecule has 0 aliphatic heterocycles. The number of hydrogen-bond donors (Lipinski definition) is 1. The minimum Gasteiger partial charge on any atom is -0.467 e. The lowest BCUT2D eigenvalue weighted by atomic mass is 10.1. The maximum atomic E-state index is 10.5. The normalized spacial score (nSPS) is 11.7. The lowest BCUT2D eigenvalue weighted by Gasteiger charge is -2.20. The highest BCUT2D eigenvalue weighted by Gasteiger charge is 2.19. The fraction of sp³-hybridized carbons (Fsp3) is 0.100. The van der Waals surface area contributed by atoms with E-state index < -0.39 is 6.04 Å². The summed E-state index contributed by atoms with van der Waals surface area (Å²) in [6.07, 6.45) is 1.59. The number of nitrogens with zero attached hydrogens (tertiary/aromatic N) is 1. The molecule has 114 valence electrons. The van der Waals surface area contributed by atoms with Gasteiger partial charge in [-0.25, -0.2) is 0 Å². The van der Waals surface area contributed by atoms with E-state index in [0.717, 1.165) is 11.1 Å². The van der Waals surface area contributed by atoms with Crippen LogP contribution in [0.25, 0.3) is 0 Å². The van der Waals surface area contributed by atoms with Crippen LogP contribution in [0, 0.1) is 11.8 Å². The summed E-state index contributed by atoms with van der Waals surface area (Å²) >= 11 is 0. The van der Waals surface area contributed by atoms with Gasteiger partial charge in [0, 0.05) is 5.56 Å². The Balaban J connectivity index is 1.83. The molecule has 1 atom stereocenters. The standard InChI is InChI=1S/C20H17NO2/c22-21(16-18-10-5-2-6-11-18)19(20-12-7-15-23-20)14-13-17-8-3-1-4-9-17/h1-12,15,19,22H,16H2. The first-order valence-corrected chi connectivity index (χ1v) is 7.42. The summed E-state index contributed by atoms with van der Waals surface area (Å²) in [5.74, 6) is 6.80. The first-order valence-electron chi connectivity index (χ1n) is 7.42. The molecular formula is C20H17NO2. The lowest BCUT2D eigenvalue weighted by molar-refractivity contribution is -0.125. The molecule has 1 aromatic heterocycles. The van der Waals surface area contributed by atoms with E-state index in [2.05, 4.69) is 11.8 Å². The second-order valence-electron chi connectivity index (χ2n) is 5.14. The largest absolute Gasteiger partial charge is 0.467 e. The Labute approximate surface area is 135 Å². The molecule has 0 aliphatic rings. The predicted molar refractivity (Wildman–Crippen MR) is 88.5 cm³/mol. The van der Waals surface area contributed by atoms with Crippen LogP contribution in [0.2, 0.25) is 0 Å². The minimum absolute atomic E-state index is 0.371. The average molecular weight is 303 g/mol. The zero-order valence-electron chi connectivity index (χ0n) is 12.6. The Hall–Kier alpha value is -2.80. The van der Waals surface area contributed by atoms with Crippen molar-refractivity contribution in [2.45, 2.75) is 12.6 Å². The SMILES string of the molecule is ON(Cc1ccccc1)C(C#Cc1ccccc1)c1ccco1. The smallest absolute Gasteiger partial charge is 0.154 e. The Morgan fingerprint density at radius 2 is 1.61 bits per heavy atom. The van der Waals surface area contributed by atoms with Gasteiger partial charge < -0.3 is 9.62 Å². The molecule has 0 bridgehead atoms. The van der Waals surface area contributed by atoms with Gasteiger partial charge in [-0.05, 0) is 29.8 Å². The van der Waals surface area contributed by atoms with E-state index in [0.29, 0.717) is 12.3 Å². The molecule has 0 amide bonds. The van der Waals surface area contributed by atoms with Crippen LogP contribution in [0.5, 0.6) is 0 Å². The summed E-state index contributed by atoms with van der Waals surface area (Å²) < 4.78 is 5.44. The highest BCUT2D eigenvalue weighted by atomic mass is 16.5. The summed E-state index contributed by atoms with van der Waals surface area (Å²) in [4.78, 5) is 0. The first kappa shape index (κ1) is 15.1. The molecule has 1 unspecified atom stereocenters. The van der Waals surface area contributed by atoms with Crippen LogP contribution in [-0.4, -0.2) is 10.3 Å². The molecule has 0 spiro atoms.